The lowest BCUT2D eigenvalue weighted by atomic mass is 10.2. The molecule has 0 saturated heterocycles. The summed E-state index contributed by atoms with van der Waals surface area (Å²) in [5, 5.41) is 20.9. The highest BCUT2D eigenvalue weighted by Gasteiger charge is 2.32. The van der Waals surface area contributed by atoms with Gasteiger partial charge in [-0.1, -0.05) is 12.1 Å². The number of ether oxygens (including phenoxy) is 4. The summed E-state index contributed by atoms with van der Waals surface area (Å²) in [6, 6.07) is 18.0. The molecule has 0 aliphatic heterocycles. The number of pyridine rings is 2. The third-order valence-corrected chi connectivity index (χ3v) is 17.7. The lowest BCUT2D eigenvalue weighted by molar-refractivity contribution is 0.390. The first kappa shape index (κ1) is 52.2. The second-order valence-electron chi connectivity index (χ2n) is 15.7. The molecule has 0 aliphatic carbocycles. The first-order chi connectivity index (χ1) is 33.5. The number of aromatic nitrogens is 10. The largest absolute Gasteiger partial charge is 0.494 e. The van der Waals surface area contributed by atoms with Crippen LogP contribution in [0.2, 0.25) is 0 Å². The highest BCUT2D eigenvalue weighted by Crippen LogP contribution is 2.39. The van der Waals surface area contributed by atoms with Gasteiger partial charge in [-0.2, -0.15) is 0 Å². The van der Waals surface area contributed by atoms with Crippen molar-refractivity contribution in [1.82, 2.24) is 49.5 Å². The quantitative estimate of drug-likeness (QED) is 0.0783. The minimum Gasteiger partial charge on any atom is -0.494 e. The molecule has 6 heterocycles. The monoisotopic (exact) mass is 1150 g/mol. The van der Waals surface area contributed by atoms with E-state index in [0.717, 1.165) is 20.3 Å². The summed E-state index contributed by atoms with van der Waals surface area (Å²) >= 11 is 9.50. The van der Waals surface area contributed by atoms with Crippen molar-refractivity contribution in [3.05, 3.63) is 127 Å². The number of benzene rings is 2. The number of rotatable bonds is 18. The van der Waals surface area contributed by atoms with E-state index in [0.29, 0.717) is 67.4 Å². The van der Waals surface area contributed by atoms with Crippen molar-refractivity contribution < 1.29 is 35.8 Å². The predicted octanol–water partition coefficient (Wildman–Crippen LogP) is 8.84. The SMILES string of the molecule is COc1cccc(OC)c1-n1c(CS(=O)(=O)[C@@H](C)Cc2ccc(Br)cn2)nnc1-c1nc(C)cs1.COc1cccc(OC)c1-n1c(CS(=O)(=O)[C@H](C)Cc2ccc(Br)cn2)nnc1-c1nc(C)cs1. The minimum absolute atomic E-state index is 0.242. The van der Waals surface area contributed by atoms with Crippen molar-refractivity contribution in [3.8, 4) is 56.0 Å². The van der Waals surface area contributed by atoms with Gasteiger partial charge in [0.25, 0.3) is 0 Å². The van der Waals surface area contributed by atoms with Crippen LogP contribution in [-0.4, -0.2) is 105 Å². The number of hydrogen-bond acceptors (Lipinski definition) is 18. The molecule has 70 heavy (non-hydrogen) atoms. The molecular weight excluding hydrogens is 1110 g/mol. The van der Waals surface area contributed by atoms with Crippen molar-refractivity contribution in [1.29, 1.82) is 0 Å². The molecule has 2 atom stereocenters. The lowest BCUT2D eigenvalue weighted by Gasteiger charge is -2.18. The van der Waals surface area contributed by atoms with E-state index in [9.17, 15) is 16.8 Å². The molecule has 18 nitrogen and oxygen atoms in total. The zero-order valence-corrected chi connectivity index (χ0v) is 45.6. The summed E-state index contributed by atoms with van der Waals surface area (Å²) in [4.78, 5) is 17.7. The van der Waals surface area contributed by atoms with Crippen LogP contribution in [0.15, 0.2) is 92.8 Å². The number of para-hydroxylation sites is 2. The van der Waals surface area contributed by atoms with Gasteiger partial charge in [-0.15, -0.1) is 43.1 Å². The van der Waals surface area contributed by atoms with Crippen LogP contribution >= 0.6 is 54.5 Å². The number of aryl methyl sites for hydroxylation is 2. The molecule has 0 fully saturated rings. The summed E-state index contributed by atoms with van der Waals surface area (Å²) < 4.78 is 81.1. The van der Waals surface area contributed by atoms with Gasteiger partial charge in [-0.05, 0) is 108 Å². The van der Waals surface area contributed by atoms with Gasteiger partial charge in [0.05, 0.1) is 38.9 Å². The zero-order chi connectivity index (χ0) is 50.3. The Hall–Kier alpha value is -5.66. The summed E-state index contributed by atoms with van der Waals surface area (Å²) in [6.45, 7) is 7.12. The van der Waals surface area contributed by atoms with Gasteiger partial charge in [0.2, 0.25) is 0 Å². The number of nitrogens with zero attached hydrogens (tertiary/aromatic N) is 10. The first-order valence-electron chi connectivity index (χ1n) is 21.3. The molecule has 0 spiro atoms. The average Bonchev–Trinajstić information content (AvgIpc) is 4.17. The second-order valence-corrected chi connectivity index (χ2v) is 24.1. The number of thiazole rings is 2. The third-order valence-electron chi connectivity index (χ3n) is 10.8. The van der Waals surface area contributed by atoms with Gasteiger partial charge in [0.1, 0.15) is 45.9 Å². The number of sulfone groups is 2. The molecule has 0 aliphatic rings. The summed E-state index contributed by atoms with van der Waals surface area (Å²) in [7, 11) is -1.09. The Labute approximate surface area is 430 Å². The molecule has 0 unspecified atom stereocenters. The minimum atomic E-state index is -3.63. The Balaban J connectivity index is 0.000000206. The van der Waals surface area contributed by atoms with Crippen molar-refractivity contribution in [2.24, 2.45) is 0 Å². The fraction of sp³-hybridized carbons (Fsp3) is 0.304. The Bertz CT molecular complexity index is 3040. The molecule has 8 aromatic rings. The van der Waals surface area contributed by atoms with E-state index in [4.69, 9.17) is 18.9 Å². The molecule has 2 aromatic carbocycles. The number of hydrogen-bond donors (Lipinski definition) is 0. The molecule has 0 N–H and O–H groups in total. The smallest absolute Gasteiger partial charge is 0.197 e. The first-order valence-corrected chi connectivity index (χ1v) is 28.0. The average molecular weight is 1160 g/mol. The highest BCUT2D eigenvalue weighted by atomic mass is 79.9. The molecule has 0 bridgehead atoms. The van der Waals surface area contributed by atoms with Crippen molar-refractivity contribution in [2.45, 2.75) is 62.5 Å². The maximum Gasteiger partial charge on any atom is 0.197 e. The van der Waals surface area contributed by atoms with E-state index >= 15 is 0 Å². The second kappa shape index (κ2) is 22.6. The Morgan fingerprint density at radius 2 is 0.914 bits per heavy atom. The normalized spacial score (nSPS) is 12.5. The Morgan fingerprint density at radius 3 is 1.20 bits per heavy atom. The topological polar surface area (TPSA) is 218 Å². The lowest BCUT2D eigenvalue weighted by Crippen LogP contribution is -2.24. The zero-order valence-electron chi connectivity index (χ0n) is 39.2. The van der Waals surface area contributed by atoms with Crippen LogP contribution < -0.4 is 18.9 Å². The van der Waals surface area contributed by atoms with Crippen LogP contribution in [0.3, 0.4) is 0 Å². The summed E-state index contributed by atoms with van der Waals surface area (Å²) in [5.41, 5.74) is 4.07. The standard InChI is InChI=1S/2C23H24BrN5O4S2/c2*1-14-12-34-23(26-14)22-28-27-20(29(22)21-18(32-3)6-5-7-19(21)33-4)13-35(30,31)15(2)10-17-9-8-16(24)11-25-17/h2*5-9,11-12,15H,10,13H2,1-4H3/t2*15-/m10/s1. The molecule has 8 rings (SSSR count). The molecule has 0 radical (unpaired) electrons. The third kappa shape index (κ3) is 11.9. The molecular formula is C46H48Br2N10O8S4. The van der Waals surface area contributed by atoms with Crippen LogP contribution in [0.5, 0.6) is 23.0 Å². The summed E-state index contributed by atoms with van der Waals surface area (Å²) in [5.74, 6) is 2.61. The molecule has 6 aromatic heterocycles. The van der Waals surface area contributed by atoms with Crippen LogP contribution in [0, 0.1) is 13.8 Å². The van der Waals surface area contributed by atoms with Gasteiger partial charge in [0.15, 0.2) is 53.0 Å². The Kier molecular flexibility index (Phi) is 16.9. The number of halogens is 2. The van der Waals surface area contributed by atoms with Crippen LogP contribution in [0.4, 0.5) is 0 Å². The maximum atomic E-state index is 13.4. The van der Waals surface area contributed by atoms with Gasteiger partial charge in [-0.3, -0.25) is 19.1 Å². The van der Waals surface area contributed by atoms with E-state index in [-0.39, 0.29) is 36.0 Å². The van der Waals surface area contributed by atoms with E-state index in [1.165, 1.54) is 22.7 Å². The molecule has 24 heteroatoms. The van der Waals surface area contributed by atoms with Crippen LogP contribution in [0.25, 0.3) is 33.0 Å². The van der Waals surface area contributed by atoms with E-state index in [2.05, 4.69) is 72.2 Å². The maximum absolute atomic E-state index is 13.4. The Morgan fingerprint density at radius 1 is 0.557 bits per heavy atom. The van der Waals surface area contributed by atoms with Crippen LogP contribution in [-0.2, 0) is 44.0 Å². The van der Waals surface area contributed by atoms with E-state index in [1.54, 1.807) is 112 Å². The molecule has 0 amide bonds. The van der Waals surface area contributed by atoms with Gasteiger partial charge < -0.3 is 18.9 Å². The van der Waals surface area contributed by atoms with Crippen molar-refractivity contribution in [2.75, 3.05) is 28.4 Å². The fourth-order valence-corrected chi connectivity index (χ4v) is 11.6. The predicted molar refractivity (Wildman–Crippen MR) is 276 cm³/mol. The molecule has 0 saturated carbocycles. The van der Waals surface area contributed by atoms with Crippen molar-refractivity contribution in [3.63, 3.8) is 0 Å². The highest BCUT2D eigenvalue weighted by molar-refractivity contribution is 9.10. The van der Waals surface area contributed by atoms with Gasteiger partial charge in [0, 0.05) is 67.7 Å². The van der Waals surface area contributed by atoms with Crippen molar-refractivity contribution >= 4 is 74.2 Å². The molecule has 368 valence electrons. The van der Waals surface area contributed by atoms with Gasteiger partial charge in [-0.25, -0.2) is 26.8 Å². The summed E-state index contributed by atoms with van der Waals surface area (Å²) in [6.07, 6.45) is 3.86. The number of methoxy groups -OCH3 is 4. The fourth-order valence-electron chi connectivity index (χ4n) is 7.13. The van der Waals surface area contributed by atoms with Crippen LogP contribution in [0.1, 0.15) is 48.3 Å². The van der Waals surface area contributed by atoms with Gasteiger partial charge >= 0.3 is 0 Å². The van der Waals surface area contributed by atoms with E-state index < -0.39 is 30.2 Å². The van der Waals surface area contributed by atoms with E-state index in [1.807, 2.05) is 36.7 Å².